The first kappa shape index (κ1) is 37.1. The van der Waals surface area contributed by atoms with Crippen LogP contribution in [-0.4, -0.2) is 4.57 Å². The summed E-state index contributed by atoms with van der Waals surface area (Å²) < 4.78 is 2.31. The average Bonchev–Trinajstić information content (AvgIpc) is 3.80. The SMILES string of the molecule is C=C/C=C(\C=C)C1(c2ccccc2)c2ccccc2-c2cc3c(cc21)N(c1cccc(-c2ccc4c(c2)c(/C=C\C)c(C=C)n4-c2ccccc2)c1)c1cccc2cccc-3c12. The van der Waals surface area contributed by atoms with Crippen LogP contribution in [0.2, 0.25) is 0 Å². The van der Waals surface area contributed by atoms with E-state index in [0.29, 0.717) is 0 Å². The molecule has 2 aliphatic rings. The fourth-order valence-corrected chi connectivity index (χ4v) is 10.5. The summed E-state index contributed by atoms with van der Waals surface area (Å²) in [6.45, 7) is 14.9. The molecule has 1 unspecified atom stereocenters. The van der Waals surface area contributed by atoms with Gasteiger partial charge in [0, 0.05) is 33.3 Å². The fourth-order valence-electron chi connectivity index (χ4n) is 10.5. The predicted molar refractivity (Wildman–Crippen MR) is 265 cm³/mol. The molecule has 11 rings (SSSR count). The van der Waals surface area contributed by atoms with E-state index in [9.17, 15) is 0 Å². The standard InChI is InChI=1S/C60H44N2/c1-5-20-43(7-3)60(44-25-11-9-12-26-44)53-32-16-15-30-47(53)50-38-52-49-31-18-22-40-23-19-33-57(59(40)49)62(58(52)39-54(50)60)46-29-17-24-41(36-46)42-34-35-56-51(37-42)48(21-6-2)55(8-4)61(56)45-27-13-10-14-28-45/h5-39H,1,3-4H2,2H3/b21-6-,43-20+. The minimum atomic E-state index is -0.616. The fraction of sp³-hybridized carbons (Fsp3) is 0.0333. The molecule has 0 bridgehead atoms. The van der Waals surface area contributed by atoms with Gasteiger partial charge in [0.25, 0.3) is 0 Å². The van der Waals surface area contributed by atoms with Crippen molar-refractivity contribution in [2.24, 2.45) is 0 Å². The van der Waals surface area contributed by atoms with Gasteiger partial charge in [0.2, 0.25) is 0 Å². The highest BCUT2D eigenvalue weighted by Gasteiger charge is 2.47. The number of para-hydroxylation sites is 1. The van der Waals surface area contributed by atoms with Gasteiger partial charge in [-0.3, -0.25) is 0 Å². The molecule has 62 heavy (non-hydrogen) atoms. The number of benzene rings is 8. The maximum Gasteiger partial charge on any atom is 0.0714 e. The lowest BCUT2D eigenvalue weighted by Gasteiger charge is -2.37. The molecule has 294 valence electrons. The largest absolute Gasteiger partial charge is 0.309 e. The topological polar surface area (TPSA) is 8.17 Å². The Bertz CT molecular complexity index is 3350. The van der Waals surface area contributed by atoms with Crippen LogP contribution in [0.15, 0.2) is 226 Å². The van der Waals surface area contributed by atoms with Gasteiger partial charge in [0.15, 0.2) is 0 Å². The van der Waals surface area contributed by atoms with Gasteiger partial charge in [-0.2, -0.15) is 0 Å². The maximum atomic E-state index is 4.41. The van der Waals surface area contributed by atoms with Crippen molar-refractivity contribution in [1.29, 1.82) is 0 Å². The molecule has 2 heterocycles. The van der Waals surface area contributed by atoms with Crippen LogP contribution in [0.5, 0.6) is 0 Å². The Balaban J connectivity index is 1.16. The summed E-state index contributed by atoms with van der Waals surface area (Å²) in [5.41, 5.74) is 19.3. The Morgan fingerprint density at radius 1 is 0.565 bits per heavy atom. The molecule has 0 spiro atoms. The number of anilines is 3. The van der Waals surface area contributed by atoms with E-state index in [2.05, 4.69) is 230 Å². The van der Waals surface area contributed by atoms with Crippen LogP contribution in [-0.2, 0) is 5.41 Å². The molecule has 1 aliphatic carbocycles. The third-order valence-corrected chi connectivity index (χ3v) is 13.0. The van der Waals surface area contributed by atoms with Crippen LogP contribution in [0.3, 0.4) is 0 Å². The molecule has 0 radical (unpaired) electrons. The molecule has 1 aliphatic heterocycles. The van der Waals surface area contributed by atoms with Crippen molar-refractivity contribution in [3.63, 3.8) is 0 Å². The average molecular weight is 793 g/mol. The molecule has 0 N–H and O–H groups in total. The zero-order chi connectivity index (χ0) is 42.0. The molecule has 9 aromatic rings. The number of nitrogens with zero attached hydrogens (tertiary/aromatic N) is 2. The van der Waals surface area contributed by atoms with Crippen molar-refractivity contribution in [2.75, 3.05) is 4.90 Å². The van der Waals surface area contributed by atoms with Gasteiger partial charge < -0.3 is 9.47 Å². The summed E-state index contributed by atoms with van der Waals surface area (Å²) >= 11 is 0. The lowest BCUT2D eigenvalue weighted by atomic mass is 9.66. The van der Waals surface area contributed by atoms with Crippen LogP contribution in [0.25, 0.3) is 72.9 Å². The summed E-state index contributed by atoms with van der Waals surface area (Å²) in [4.78, 5) is 2.49. The van der Waals surface area contributed by atoms with Gasteiger partial charge in [0.05, 0.1) is 28.0 Å². The van der Waals surface area contributed by atoms with E-state index in [1.807, 2.05) is 18.2 Å². The van der Waals surface area contributed by atoms with Crippen LogP contribution in [0.4, 0.5) is 17.1 Å². The number of rotatable bonds is 9. The lowest BCUT2D eigenvalue weighted by molar-refractivity contribution is 0.767. The number of fused-ring (bicyclic) bond motifs is 6. The van der Waals surface area contributed by atoms with E-state index in [0.717, 1.165) is 56.2 Å². The van der Waals surface area contributed by atoms with Crippen LogP contribution in [0, 0.1) is 0 Å². The summed E-state index contributed by atoms with van der Waals surface area (Å²) in [6, 6.07) is 64.6. The molecule has 2 heteroatoms. The van der Waals surface area contributed by atoms with E-state index in [1.54, 1.807) is 0 Å². The van der Waals surface area contributed by atoms with Crippen molar-refractivity contribution >= 4 is 50.9 Å². The number of allylic oxidation sites excluding steroid dienone is 5. The minimum Gasteiger partial charge on any atom is -0.309 e. The van der Waals surface area contributed by atoms with Crippen molar-refractivity contribution in [2.45, 2.75) is 12.3 Å². The molecule has 1 atom stereocenters. The third-order valence-electron chi connectivity index (χ3n) is 13.0. The van der Waals surface area contributed by atoms with Crippen molar-refractivity contribution in [3.05, 3.63) is 253 Å². The van der Waals surface area contributed by atoms with E-state index < -0.39 is 5.41 Å². The highest BCUT2D eigenvalue weighted by Crippen LogP contribution is 2.61. The first-order valence-corrected chi connectivity index (χ1v) is 21.3. The second kappa shape index (κ2) is 14.7. The van der Waals surface area contributed by atoms with Gasteiger partial charge in [-0.05, 0) is 123 Å². The molecule has 1 aromatic heterocycles. The Labute approximate surface area is 363 Å². The number of hydrogen-bond donors (Lipinski definition) is 0. The summed E-state index contributed by atoms with van der Waals surface area (Å²) in [7, 11) is 0. The smallest absolute Gasteiger partial charge is 0.0714 e. The monoisotopic (exact) mass is 792 g/mol. The van der Waals surface area contributed by atoms with E-state index in [1.165, 1.54) is 55.1 Å². The Morgan fingerprint density at radius 2 is 1.27 bits per heavy atom. The molecule has 8 aromatic carbocycles. The second-order valence-corrected chi connectivity index (χ2v) is 16.1. The summed E-state index contributed by atoms with van der Waals surface area (Å²) in [5.74, 6) is 0. The highest BCUT2D eigenvalue weighted by molar-refractivity contribution is 6.15. The molecule has 0 amide bonds. The first-order chi connectivity index (χ1) is 30.6. The van der Waals surface area contributed by atoms with Crippen LogP contribution >= 0.6 is 0 Å². The molecule has 2 nitrogen and oxygen atoms in total. The van der Waals surface area contributed by atoms with E-state index in [4.69, 9.17) is 0 Å². The van der Waals surface area contributed by atoms with Gasteiger partial charge in [-0.1, -0.05) is 171 Å². The molecule has 0 saturated heterocycles. The zero-order valence-electron chi connectivity index (χ0n) is 34.7. The molecule has 0 fully saturated rings. The maximum absolute atomic E-state index is 4.41. The summed E-state index contributed by atoms with van der Waals surface area (Å²) in [6.07, 6.45) is 12.3. The van der Waals surface area contributed by atoms with E-state index in [-0.39, 0.29) is 0 Å². The lowest BCUT2D eigenvalue weighted by Crippen LogP contribution is -2.29. The zero-order valence-corrected chi connectivity index (χ0v) is 34.7. The number of aromatic nitrogens is 1. The second-order valence-electron chi connectivity index (χ2n) is 16.1. The molecule has 0 saturated carbocycles. The van der Waals surface area contributed by atoms with Crippen LogP contribution in [0.1, 0.15) is 34.9 Å². The van der Waals surface area contributed by atoms with E-state index >= 15 is 0 Å². The normalized spacial score (nSPS) is 15.1. The molecular weight excluding hydrogens is 749 g/mol. The van der Waals surface area contributed by atoms with Gasteiger partial charge >= 0.3 is 0 Å². The van der Waals surface area contributed by atoms with Crippen molar-refractivity contribution < 1.29 is 0 Å². The Morgan fingerprint density at radius 3 is 2.05 bits per heavy atom. The molecular formula is C60H44N2. The highest BCUT2D eigenvalue weighted by atomic mass is 15.2. The quantitative estimate of drug-likeness (QED) is 0.132. The van der Waals surface area contributed by atoms with Crippen LogP contribution < -0.4 is 4.90 Å². The Hall–Kier alpha value is -7.94. The van der Waals surface area contributed by atoms with Crippen molar-refractivity contribution in [1.82, 2.24) is 4.57 Å². The summed E-state index contributed by atoms with van der Waals surface area (Å²) in [5, 5.41) is 3.66. The van der Waals surface area contributed by atoms with Gasteiger partial charge in [0.1, 0.15) is 0 Å². The Kier molecular flexibility index (Phi) is 8.77. The predicted octanol–water partition coefficient (Wildman–Crippen LogP) is 16.2. The number of hydrogen-bond acceptors (Lipinski definition) is 1. The van der Waals surface area contributed by atoms with Gasteiger partial charge in [-0.25, -0.2) is 0 Å². The third kappa shape index (κ3) is 5.30. The van der Waals surface area contributed by atoms with Crippen molar-refractivity contribution in [3.8, 4) is 39.1 Å². The first-order valence-electron chi connectivity index (χ1n) is 21.3. The van der Waals surface area contributed by atoms with Gasteiger partial charge in [-0.15, -0.1) is 0 Å². The minimum absolute atomic E-state index is 0.616.